The third kappa shape index (κ3) is 3.16. The number of aromatic nitrogens is 1. The summed E-state index contributed by atoms with van der Waals surface area (Å²) in [6.45, 7) is 1.84. The molecule has 0 saturated heterocycles. The fourth-order valence-corrected chi connectivity index (χ4v) is 3.06. The van der Waals surface area contributed by atoms with Crippen LogP contribution < -0.4 is 15.0 Å². The molecule has 2 heterocycles. The number of pyridine rings is 2. The number of rotatable bonds is 5. The average Bonchev–Trinajstić information content (AvgIpc) is 2.73. The first-order valence-corrected chi connectivity index (χ1v) is 8.53. The van der Waals surface area contributed by atoms with Crippen LogP contribution in [0.15, 0.2) is 47.4 Å². The zero-order valence-corrected chi connectivity index (χ0v) is 15.7. The Morgan fingerprint density at radius 1 is 1.14 bits per heavy atom. The highest BCUT2D eigenvalue weighted by Gasteiger charge is 2.25. The third-order valence-corrected chi connectivity index (χ3v) is 4.28. The molecule has 7 heteroatoms. The fourth-order valence-electron chi connectivity index (χ4n) is 3.06. The summed E-state index contributed by atoms with van der Waals surface area (Å²) in [5, 5.41) is 9.73. The number of ether oxygens (including phenoxy) is 3. The number of hydrogen-bond acceptors (Lipinski definition) is 6. The number of nitrogens with zero attached hydrogens (tertiary/aromatic N) is 2. The van der Waals surface area contributed by atoms with E-state index in [1.54, 1.807) is 43.3 Å². The van der Waals surface area contributed by atoms with Gasteiger partial charge in [0.25, 0.3) is 5.56 Å². The number of fused-ring (bicyclic) bond motifs is 1. The maximum absolute atomic E-state index is 12.9. The molecule has 0 N–H and O–H groups in total. The van der Waals surface area contributed by atoms with Crippen molar-refractivity contribution in [1.29, 1.82) is 5.26 Å². The van der Waals surface area contributed by atoms with Crippen molar-refractivity contribution >= 4 is 11.5 Å². The van der Waals surface area contributed by atoms with Crippen molar-refractivity contribution in [3.8, 4) is 28.7 Å². The number of carbonyl (C=O) groups excluding carboxylic acids is 1. The van der Waals surface area contributed by atoms with E-state index in [0.29, 0.717) is 22.6 Å². The Morgan fingerprint density at radius 3 is 2.39 bits per heavy atom. The first kappa shape index (κ1) is 19.0. The van der Waals surface area contributed by atoms with E-state index in [9.17, 15) is 14.9 Å². The van der Waals surface area contributed by atoms with E-state index in [0.717, 1.165) is 0 Å². The zero-order valence-electron chi connectivity index (χ0n) is 15.7. The summed E-state index contributed by atoms with van der Waals surface area (Å²) in [7, 11) is 2.98. The highest BCUT2D eigenvalue weighted by molar-refractivity contribution is 6.05. The van der Waals surface area contributed by atoms with Crippen LogP contribution in [-0.4, -0.2) is 31.2 Å². The molecular weight excluding hydrogens is 360 g/mol. The Labute approximate surface area is 161 Å². The second kappa shape index (κ2) is 7.84. The molecular formula is C21H18N2O5. The van der Waals surface area contributed by atoms with E-state index in [2.05, 4.69) is 0 Å². The van der Waals surface area contributed by atoms with Crippen molar-refractivity contribution in [3.05, 3.63) is 64.1 Å². The van der Waals surface area contributed by atoms with Gasteiger partial charge in [0.15, 0.2) is 0 Å². The van der Waals surface area contributed by atoms with Crippen LogP contribution in [-0.2, 0) is 4.74 Å². The summed E-state index contributed by atoms with van der Waals surface area (Å²) in [5.74, 6) is 0.294. The van der Waals surface area contributed by atoms with Crippen LogP contribution in [0, 0.1) is 11.3 Å². The van der Waals surface area contributed by atoms with Gasteiger partial charge in [-0.05, 0) is 36.8 Å². The minimum Gasteiger partial charge on any atom is -0.497 e. The Morgan fingerprint density at radius 2 is 1.82 bits per heavy atom. The van der Waals surface area contributed by atoms with Crippen LogP contribution in [0.5, 0.6) is 11.5 Å². The lowest BCUT2D eigenvalue weighted by Gasteiger charge is -2.16. The molecule has 0 amide bonds. The number of nitriles is 1. The van der Waals surface area contributed by atoms with Crippen LogP contribution in [0.25, 0.3) is 16.6 Å². The molecule has 0 unspecified atom stereocenters. The number of hydrogen-bond donors (Lipinski definition) is 0. The molecule has 0 atom stereocenters. The van der Waals surface area contributed by atoms with Crippen molar-refractivity contribution < 1.29 is 19.0 Å². The lowest BCUT2D eigenvalue weighted by molar-refractivity contribution is 0.0529. The smallest absolute Gasteiger partial charge is 0.340 e. The van der Waals surface area contributed by atoms with Crippen LogP contribution in [0.3, 0.4) is 0 Å². The van der Waals surface area contributed by atoms with Gasteiger partial charge in [0.2, 0.25) is 0 Å². The van der Waals surface area contributed by atoms with Gasteiger partial charge in [-0.3, -0.25) is 9.20 Å². The van der Waals surface area contributed by atoms with Gasteiger partial charge in [0, 0.05) is 17.8 Å². The molecule has 0 aliphatic rings. The minimum atomic E-state index is -0.625. The Balaban J connectivity index is 2.52. The summed E-state index contributed by atoms with van der Waals surface area (Å²) in [6.07, 6.45) is 1.51. The van der Waals surface area contributed by atoms with Gasteiger partial charge in [0.1, 0.15) is 23.1 Å². The highest BCUT2D eigenvalue weighted by atomic mass is 16.5. The van der Waals surface area contributed by atoms with Gasteiger partial charge in [-0.2, -0.15) is 5.26 Å². The van der Waals surface area contributed by atoms with Crippen molar-refractivity contribution in [3.63, 3.8) is 0 Å². The van der Waals surface area contributed by atoms with Crippen molar-refractivity contribution in [2.75, 3.05) is 20.8 Å². The predicted octanol–water partition coefficient (Wildman–Crippen LogP) is 3.03. The SMILES string of the molecule is CCOC(=O)c1c(-c2cc(OC)cc(OC)c2)c(C#N)c(=O)n2ccccc12. The van der Waals surface area contributed by atoms with Crippen LogP contribution in [0.4, 0.5) is 0 Å². The molecule has 142 valence electrons. The Kier molecular flexibility index (Phi) is 5.32. The molecule has 0 bridgehead atoms. The topological polar surface area (TPSA) is 90.0 Å². The molecule has 0 aliphatic heterocycles. The van der Waals surface area contributed by atoms with Gasteiger partial charge in [-0.15, -0.1) is 0 Å². The Hall–Kier alpha value is -3.79. The quantitative estimate of drug-likeness (QED) is 0.634. The van der Waals surface area contributed by atoms with Crippen LogP contribution >= 0.6 is 0 Å². The lowest BCUT2D eigenvalue weighted by atomic mass is 9.94. The van der Waals surface area contributed by atoms with E-state index in [1.807, 2.05) is 6.07 Å². The van der Waals surface area contributed by atoms with Crippen molar-refractivity contribution in [2.24, 2.45) is 0 Å². The van der Waals surface area contributed by atoms with E-state index in [-0.39, 0.29) is 23.3 Å². The monoisotopic (exact) mass is 378 g/mol. The first-order chi connectivity index (χ1) is 13.5. The Bertz CT molecular complexity index is 1140. The zero-order chi connectivity index (χ0) is 20.3. The van der Waals surface area contributed by atoms with Gasteiger partial charge < -0.3 is 14.2 Å². The fraction of sp³-hybridized carbons (Fsp3) is 0.190. The maximum atomic E-state index is 12.9. The first-order valence-electron chi connectivity index (χ1n) is 8.53. The number of benzene rings is 1. The molecule has 0 spiro atoms. The third-order valence-electron chi connectivity index (χ3n) is 4.28. The van der Waals surface area contributed by atoms with Crippen molar-refractivity contribution in [2.45, 2.75) is 6.92 Å². The number of esters is 1. The predicted molar refractivity (Wildman–Crippen MR) is 103 cm³/mol. The second-order valence-electron chi connectivity index (χ2n) is 5.82. The molecule has 7 nitrogen and oxygen atoms in total. The van der Waals surface area contributed by atoms with Crippen LogP contribution in [0.2, 0.25) is 0 Å². The lowest BCUT2D eigenvalue weighted by Crippen LogP contribution is -2.22. The molecule has 3 aromatic rings. The van der Waals surface area contributed by atoms with Gasteiger partial charge >= 0.3 is 5.97 Å². The van der Waals surface area contributed by atoms with Crippen molar-refractivity contribution in [1.82, 2.24) is 4.40 Å². The second-order valence-corrected chi connectivity index (χ2v) is 5.82. The summed E-state index contributed by atoms with van der Waals surface area (Å²) >= 11 is 0. The molecule has 0 aliphatic carbocycles. The molecule has 3 rings (SSSR count). The molecule has 1 aromatic carbocycles. The number of carbonyl (C=O) groups is 1. The average molecular weight is 378 g/mol. The standard InChI is InChI=1S/C21H18N2O5/c1-4-28-21(25)19-17-7-5-6-8-23(17)20(24)16(12-22)18(19)13-9-14(26-2)11-15(10-13)27-3/h5-11H,4H2,1-3H3. The molecule has 0 radical (unpaired) electrons. The minimum absolute atomic E-state index is 0.133. The normalized spacial score (nSPS) is 10.4. The molecule has 2 aromatic heterocycles. The van der Waals surface area contributed by atoms with Gasteiger partial charge in [-0.1, -0.05) is 6.07 Å². The van der Waals surface area contributed by atoms with E-state index < -0.39 is 11.5 Å². The number of methoxy groups -OCH3 is 2. The summed E-state index contributed by atoms with van der Waals surface area (Å²) in [5.41, 5.74) is 0.425. The largest absolute Gasteiger partial charge is 0.497 e. The van der Waals surface area contributed by atoms with Crippen LogP contribution in [0.1, 0.15) is 22.8 Å². The van der Waals surface area contributed by atoms with Gasteiger partial charge in [0.05, 0.1) is 31.9 Å². The summed E-state index contributed by atoms with van der Waals surface area (Å²) in [4.78, 5) is 25.8. The maximum Gasteiger partial charge on any atom is 0.340 e. The van der Waals surface area contributed by atoms with Gasteiger partial charge in [-0.25, -0.2) is 4.79 Å². The molecule has 28 heavy (non-hydrogen) atoms. The summed E-state index contributed by atoms with van der Waals surface area (Å²) in [6, 6.07) is 11.9. The van der Waals surface area contributed by atoms with E-state index >= 15 is 0 Å². The highest BCUT2D eigenvalue weighted by Crippen LogP contribution is 2.34. The van der Waals surface area contributed by atoms with E-state index in [1.165, 1.54) is 24.8 Å². The van der Waals surface area contributed by atoms with E-state index in [4.69, 9.17) is 14.2 Å². The summed E-state index contributed by atoms with van der Waals surface area (Å²) < 4.78 is 17.1. The molecule has 0 fully saturated rings. The molecule has 0 saturated carbocycles.